The summed E-state index contributed by atoms with van der Waals surface area (Å²) >= 11 is 7.78. The van der Waals surface area contributed by atoms with Crippen LogP contribution in [0.2, 0.25) is 5.22 Å². The molecule has 0 aliphatic rings. The molecular weight excluding hydrogens is 242 g/mol. The number of hydrogen-bond acceptors (Lipinski definition) is 3. The summed E-state index contributed by atoms with van der Waals surface area (Å²) in [6.45, 7) is 5.09. The van der Waals surface area contributed by atoms with Crippen molar-refractivity contribution >= 4 is 22.9 Å². The van der Waals surface area contributed by atoms with Gasteiger partial charge in [0.2, 0.25) is 0 Å². The molecule has 2 nitrogen and oxygen atoms in total. The first kappa shape index (κ1) is 11.7. The van der Waals surface area contributed by atoms with Gasteiger partial charge in [-0.3, -0.25) is 0 Å². The molecule has 2 aromatic heterocycles. The number of thiophene rings is 1. The van der Waals surface area contributed by atoms with Crippen molar-refractivity contribution in [1.82, 2.24) is 5.32 Å². The van der Waals surface area contributed by atoms with Crippen molar-refractivity contribution in [2.24, 2.45) is 0 Å². The summed E-state index contributed by atoms with van der Waals surface area (Å²) in [4.78, 5) is 1.30. The van der Waals surface area contributed by atoms with Crippen molar-refractivity contribution in [3.63, 3.8) is 0 Å². The Kier molecular flexibility index (Phi) is 3.69. The van der Waals surface area contributed by atoms with E-state index < -0.39 is 0 Å². The molecule has 86 valence electrons. The molecule has 0 radical (unpaired) electrons. The highest BCUT2D eigenvalue weighted by molar-refractivity contribution is 7.10. The maximum atomic E-state index is 6.04. The van der Waals surface area contributed by atoms with Gasteiger partial charge in [-0.05, 0) is 48.1 Å². The Bertz CT molecular complexity index is 423. The molecule has 0 spiro atoms. The van der Waals surface area contributed by atoms with Gasteiger partial charge in [0.25, 0.3) is 0 Å². The molecule has 16 heavy (non-hydrogen) atoms. The number of furan rings is 1. The normalized spacial score (nSPS) is 12.9. The van der Waals surface area contributed by atoms with E-state index in [1.54, 1.807) is 17.6 Å². The van der Waals surface area contributed by atoms with Crippen LogP contribution in [-0.2, 0) is 0 Å². The standard InChI is InChI=1S/C12H14ClNOS/c1-3-14-10(9-4-6-15-12(9)13)11-8(2)5-7-16-11/h4-7,10,14H,3H2,1-2H3. The molecule has 2 aromatic rings. The van der Waals surface area contributed by atoms with Gasteiger partial charge in [0.05, 0.1) is 12.3 Å². The highest BCUT2D eigenvalue weighted by Crippen LogP contribution is 2.33. The van der Waals surface area contributed by atoms with Gasteiger partial charge in [0, 0.05) is 10.4 Å². The molecule has 2 heterocycles. The lowest BCUT2D eigenvalue weighted by Crippen LogP contribution is -2.21. The summed E-state index contributed by atoms with van der Waals surface area (Å²) in [5.41, 5.74) is 2.29. The van der Waals surface area contributed by atoms with Crippen LogP contribution in [0.4, 0.5) is 0 Å². The van der Waals surface area contributed by atoms with Crippen LogP contribution in [0.1, 0.15) is 29.0 Å². The third-order valence-corrected chi connectivity index (χ3v) is 3.92. The predicted molar refractivity (Wildman–Crippen MR) is 68.3 cm³/mol. The van der Waals surface area contributed by atoms with Crippen LogP contribution >= 0.6 is 22.9 Å². The van der Waals surface area contributed by atoms with Crippen molar-refractivity contribution in [1.29, 1.82) is 0 Å². The fourth-order valence-corrected chi connectivity index (χ4v) is 2.98. The largest absolute Gasteiger partial charge is 0.453 e. The molecule has 0 amide bonds. The smallest absolute Gasteiger partial charge is 0.198 e. The number of hydrogen-bond donors (Lipinski definition) is 1. The van der Waals surface area contributed by atoms with Crippen LogP contribution in [0.5, 0.6) is 0 Å². The topological polar surface area (TPSA) is 25.2 Å². The highest BCUT2D eigenvalue weighted by Gasteiger charge is 2.20. The maximum Gasteiger partial charge on any atom is 0.198 e. The minimum atomic E-state index is 0.135. The summed E-state index contributed by atoms with van der Waals surface area (Å²) in [5.74, 6) is 0. The van der Waals surface area contributed by atoms with Crippen molar-refractivity contribution < 1.29 is 4.42 Å². The molecule has 0 bridgehead atoms. The van der Waals surface area contributed by atoms with Crippen molar-refractivity contribution in [2.75, 3.05) is 6.54 Å². The second-order valence-corrected chi connectivity index (χ2v) is 4.90. The van der Waals surface area contributed by atoms with E-state index in [0.29, 0.717) is 5.22 Å². The Morgan fingerprint density at radius 1 is 1.50 bits per heavy atom. The SMILES string of the molecule is CCNC(c1ccoc1Cl)c1sccc1C. The summed E-state index contributed by atoms with van der Waals surface area (Å²) < 4.78 is 5.16. The zero-order valence-electron chi connectivity index (χ0n) is 9.29. The molecule has 1 atom stereocenters. The quantitative estimate of drug-likeness (QED) is 0.893. The van der Waals surface area contributed by atoms with Crippen LogP contribution in [0.3, 0.4) is 0 Å². The third-order valence-electron chi connectivity index (χ3n) is 2.53. The lowest BCUT2D eigenvalue weighted by molar-refractivity contribution is 0.556. The second kappa shape index (κ2) is 5.04. The van der Waals surface area contributed by atoms with Crippen molar-refractivity contribution in [3.05, 3.63) is 45.0 Å². The Balaban J connectivity index is 2.39. The summed E-state index contributed by atoms with van der Waals surface area (Å²) in [5, 5.41) is 6.01. The fourth-order valence-electron chi connectivity index (χ4n) is 1.74. The summed E-state index contributed by atoms with van der Waals surface area (Å²) in [6, 6.07) is 4.18. The van der Waals surface area contributed by atoms with Gasteiger partial charge >= 0.3 is 0 Å². The summed E-state index contributed by atoms with van der Waals surface area (Å²) in [7, 11) is 0. The molecular formula is C12H14ClNOS. The molecule has 1 N–H and O–H groups in total. The molecule has 0 saturated heterocycles. The Morgan fingerprint density at radius 3 is 2.81 bits per heavy atom. The molecule has 0 fully saturated rings. The minimum absolute atomic E-state index is 0.135. The van der Waals surface area contributed by atoms with Gasteiger partial charge in [-0.1, -0.05) is 6.92 Å². The lowest BCUT2D eigenvalue weighted by atomic mass is 10.1. The first-order valence-electron chi connectivity index (χ1n) is 5.24. The van der Waals surface area contributed by atoms with Crippen LogP contribution in [0.15, 0.2) is 28.2 Å². The van der Waals surface area contributed by atoms with E-state index >= 15 is 0 Å². The lowest BCUT2D eigenvalue weighted by Gasteiger charge is -2.16. The number of nitrogens with one attached hydrogen (secondary N) is 1. The van der Waals surface area contributed by atoms with E-state index in [-0.39, 0.29) is 6.04 Å². The van der Waals surface area contributed by atoms with Crippen molar-refractivity contribution in [2.45, 2.75) is 19.9 Å². The number of halogens is 1. The second-order valence-electron chi connectivity index (χ2n) is 3.61. The molecule has 4 heteroatoms. The molecule has 0 aliphatic heterocycles. The average Bonchev–Trinajstić information content (AvgIpc) is 2.84. The van der Waals surface area contributed by atoms with Crippen LogP contribution < -0.4 is 5.32 Å². The molecule has 0 saturated carbocycles. The van der Waals surface area contributed by atoms with Gasteiger partial charge in [0.15, 0.2) is 5.22 Å². The number of aryl methyl sites for hydroxylation is 1. The van der Waals surface area contributed by atoms with Crippen LogP contribution in [-0.4, -0.2) is 6.54 Å². The molecule has 1 unspecified atom stereocenters. The Labute approximate surface area is 104 Å². The predicted octanol–water partition coefficient (Wildman–Crippen LogP) is 4.00. The summed E-state index contributed by atoms with van der Waals surface area (Å²) in [6.07, 6.45) is 1.63. The highest BCUT2D eigenvalue weighted by atomic mass is 35.5. The van der Waals surface area contributed by atoms with Crippen molar-refractivity contribution in [3.8, 4) is 0 Å². The van der Waals surface area contributed by atoms with E-state index in [2.05, 4.69) is 30.6 Å². The maximum absolute atomic E-state index is 6.04. The van der Waals surface area contributed by atoms with Gasteiger partial charge in [-0.25, -0.2) is 0 Å². The zero-order valence-corrected chi connectivity index (χ0v) is 10.9. The third kappa shape index (κ3) is 2.17. The van der Waals surface area contributed by atoms with E-state index in [0.717, 1.165) is 12.1 Å². The first-order valence-corrected chi connectivity index (χ1v) is 6.50. The average molecular weight is 256 g/mol. The molecule has 0 aliphatic carbocycles. The Morgan fingerprint density at radius 2 is 2.31 bits per heavy atom. The van der Waals surface area contributed by atoms with E-state index in [1.165, 1.54) is 10.4 Å². The van der Waals surface area contributed by atoms with Gasteiger partial charge in [-0.15, -0.1) is 11.3 Å². The van der Waals surface area contributed by atoms with Gasteiger partial charge in [-0.2, -0.15) is 0 Å². The van der Waals surface area contributed by atoms with Crippen LogP contribution in [0.25, 0.3) is 0 Å². The fraction of sp³-hybridized carbons (Fsp3) is 0.333. The molecule has 2 rings (SSSR count). The zero-order chi connectivity index (χ0) is 11.5. The van der Waals surface area contributed by atoms with Crippen LogP contribution in [0, 0.1) is 6.92 Å². The monoisotopic (exact) mass is 255 g/mol. The number of rotatable bonds is 4. The van der Waals surface area contributed by atoms with E-state index in [9.17, 15) is 0 Å². The Hall–Kier alpha value is -0.770. The van der Waals surface area contributed by atoms with Gasteiger partial charge < -0.3 is 9.73 Å². The van der Waals surface area contributed by atoms with E-state index in [4.69, 9.17) is 16.0 Å². The first-order chi connectivity index (χ1) is 7.74. The van der Waals surface area contributed by atoms with E-state index in [1.807, 2.05) is 6.07 Å². The molecule has 0 aromatic carbocycles. The van der Waals surface area contributed by atoms with Gasteiger partial charge in [0.1, 0.15) is 0 Å². The minimum Gasteiger partial charge on any atom is -0.453 e.